The van der Waals surface area contributed by atoms with E-state index in [0.717, 1.165) is 11.1 Å². The summed E-state index contributed by atoms with van der Waals surface area (Å²) in [6.07, 6.45) is 7.80. The summed E-state index contributed by atoms with van der Waals surface area (Å²) in [6, 6.07) is 10.7. The van der Waals surface area contributed by atoms with Crippen LogP contribution in [0.25, 0.3) is 33.4 Å². The second-order valence-corrected chi connectivity index (χ2v) is 8.20. The Hall–Kier alpha value is -4.79. The number of hydrogen-bond donors (Lipinski definition) is 3. The number of nitrogens with zero attached hydrogens (tertiary/aromatic N) is 3. The Kier molecular flexibility index (Phi) is 5.58. The van der Waals surface area contributed by atoms with E-state index >= 15 is 0 Å². The first-order valence-corrected chi connectivity index (χ1v) is 10.9. The second kappa shape index (κ2) is 8.86. The van der Waals surface area contributed by atoms with Gasteiger partial charge < -0.3 is 20.0 Å². The lowest BCUT2D eigenvalue weighted by molar-refractivity contribution is 0.420. The molecule has 4 N–H and O–H groups in total. The van der Waals surface area contributed by atoms with E-state index in [1.807, 2.05) is 32.0 Å². The molecule has 4 aromatic heterocycles. The van der Waals surface area contributed by atoms with Crippen molar-refractivity contribution in [3.63, 3.8) is 0 Å². The van der Waals surface area contributed by atoms with E-state index in [1.54, 1.807) is 36.8 Å². The van der Waals surface area contributed by atoms with Crippen LogP contribution in [-0.2, 0) is 0 Å². The lowest BCUT2D eigenvalue weighted by Crippen LogP contribution is -2.18. The minimum Gasteiger partial charge on any atom is -0.455 e. The normalized spacial score (nSPS) is 11.9. The minimum atomic E-state index is -0.300. The standard InChI is InChI=1S/C26H22N6O3/c1-14-9-18(15(2)32-20-6-4-8-30-22(20)26(27)28)25-19(10-14)23(33)21(17-12-31-34-13-17)24(35-25)16-5-3-7-29-11-16/h3-13,15,32H,1-2H3,(H3,27,28)/t15-/m1/s1. The Bertz CT molecular complexity index is 1590. The van der Waals surface area contributed by atoms with Crippen molar-refractivity contribution < 1.29 is 8.94 Å². The first kappa shape index (κ1) is 22.0. The highest BCUT2D eigenvalue weighted by atomic mass is 16.5. The average Bonchev–Trinajstić information content (AvgIpc) is 3.39. The average molecular weight is 467 g/mol. The Morgan fingerprint density at radius 1 is 1.14 bits per heavy atom. The second-order valence-electron chi connectivity index (χ2n) is 8.20. The van der Waals surface area contributed by atoms with E-state index < -0.39 is 0 Å². The molecule has 35 heavy (non-hydrogen) atoms. The number of fused-ring (bicyclic) bond motifs is 1. The molecule has 1 aromatic carbocycles. The van der Waals surface area contributed by atoms with Crippen molar-refractivity contribution in [3.8, 4) is 22.5 Å². The summed E-state index contributed by atoms with van der Waals surface area (Å²) in [7, 11) is 0. The lowest BCUT2D eigenvalue weighted by Gasteiger charge is -2.20. The fourth-order valence-corrected chi connectivity index (χ4v) is 4.13. The third-order valence-corrected chi connectivity index (χ3v) is 5.71. The van der Waals surface area contributed by atoms with Gasteiger partial charge in [0, 0.05) is 35.3 Å². The summed E-state index contributed by atoms with van der Waals surface area (Å²) < 4.78 is 11.5. The predicted molar refractivity (Wildman–Crippen MR) is 133 cm³/mol. The zero-order chi connectivity index (χ0) is 24.5. The van der Waals surface area contributed by atoms with Gasteiger partial charge in [-0.05, 0) is 49.7 Å². The van der Waals surface area contributed by atoms with Gasteiger partial charge in [-0.15, -0.1) is 0 Å². The SMILES string of the molecule is Cc1cc([C@@H](C)Nc2cccnc2C(=N)N)c2oc(-c3cccnc3)c(-c3cnoc3)c(=O)c2c1. The summed E-state index contributed by atoms with van der Waals surface area (Å²) >= 11 is 0. The van der Waals surface area contributed by atoms with E-state index in [1.165, 1.54) is 12.5 Å². The van der Waals surface area contributed by atoms with Gasteiger partial charge in [-0.3, -0.25) is 20.2 Å². The quantitative estimate of drug-likeness (QED) is 0.242. The topological polar surface area (TPSA) is 144 Å². The largest absolute Gasteiger partial charge is 0.455 e. The highest BCUT2D eigenvalue weighted by Crippen LogP contribution is 2.35. The van der Waals surface area contributed by atoms with Crippen LogP contribution < -0.4 is 16.5 Å². The molecule has 1 atom stereocenters. The molecule has 0 bridgehead atoms. The number of anilines is 1. The van der Waals surface area contributed by atoms with Crippen molar-refractivity contribution in [2.45, 2.75) is 19.9 Å². The van der Waals surface area contributed by atoms with Crippen LogP contribution in [0.3, 0.4) is 0 Å². The Balaban J connectivity index is 1.74. The van der Waals surface area contributed by atoms with Gasteiger partial charge in [-0.2, -0.15) is 0 Å². The predicted octanol–water partition coefficient (Wildman–Crippen LogP) is 4.67. The number of amidine groups is 1. The summed E-state index contributed by atoms with van der Waals surface area (Å²) in [5, 5.41) is 15.4. The molecule has 0 saturated heterocycles. The minimum absolute atomic E-state index is 0.141. The summed E-state index contributed by atoms with van der Waals surface area (Å²) in [5.41, 5.74) is 10.1. The molecule has 9 nitrogen and oxygen atoms in total. The number of aryl methyl sites for hydroxylation is 1. The van der Waals surface area contributed by atoms with Gasteiger partial charge in [-0.25, -0.2) is 0 Å². The first-order valence-electron chi connectivity index (χ1n) is 10.9. The Labute approximate surface area is 200 Å². The summed E-state index contributed by atoms with van der Waals surface area (Å²) in [4.78, 5) is 22.2. The molecule has 0 fully saturated rings. The molecule has 0 aliphatic heterocycles. The maximum atomic E-state index is 13.8. The Morgan fingerprint density at radius 2 is 1.97 bits per heavy atom. The third-order valence-electron chi connectivity index (χ3n) is 5.71. The number of aromatic nitrogens is 3. The van der Waals surface area contributed by atoms with Gasteiger partial charge in [0.05, 0.1) is 28.9 Å². The number of nitrogens with two attached hydrogens (primary N) is 1. The molecule has 0 unspecified atom stereocenters. The fourth-order valence-electron chi connectivity index (χ4n) is 4.13. The lowest BCUT2D eigenvalue weighted by atomic mass is 9.97. The third kappa shape index (κ3) is 4.04. The van der Waals surface area contributed by atoms with Gasteiger partial charge >= 0.3 is 0 Å². The van der Waals surface area contributed by atoms with Crippen LogP contribution in [0.1, 0.15) is 29.8 Å². The van der Waals surface area contributed by atoms with Gasteiger partial charge in [0.15, 0.2) is 0 Å². The highest BCUT2D eigenvalue weighted by Gasteiger charge is 2.23. The zero-order valence-corrected chi connectivity index (χ0v) is 19.1. The molecule has 174 valence electrons. The van der Waals surface area contributed by atoms with Crippen LogP contribution in [-0.4, -0.2) is 21.0 Å². The van der Waals surface area contributed by atoms with Crippen molar-refractivity contribution in [1.29, 1.82) is 5.41 Å². The number of hydrogen-bond acceptors (Lipinski definition) is 8. The first-order chi connectivity index (χ1) is 16.9. The van der Waals surface area contributed by atoms with Crippen LogP contribution >= 0.6 is 0 Å². The van der Waals surface area contributed by atoms with Gasteiger partial charge in [-0.1, -0.05) is 11.2 Å². The molecule has 4 heterocycles. The van der Waals surface area contributed by atoms with Crippen molar-refractivity contribution in [2.24, 2.45) is 5.73 Å². The molecular weight excluding hydrogens is 444 g/mol. The summed E-state index contributed by atoms with van der Waals surface area (Å²) in [5.74, 6) is 0.236. The van der Waals surface area contributed by atoms with Crippen LogP contribution in [0.4, 0.5) is 5.69 Å². The van der Waals surface area contributed by atoms with E-state index in [9.17, 15) is 4.79 Å². The number of pyridine rings is 2. The van der Waals surface area contributed by atoms with Crippen molar-refractivity contribution in [2.75, 3.05) is 5.32 Å². The van der Waals surface area contributed by atoms with Gasteiger partial charge in [0.2, 0.25) is 5.43 Å². The zero-order valence-electron chi connectivity index (χ0n) is 19.1. The van der Waals surface area contributed by atoms with Gasteiger partial charge in [0.25, 0.3) is 0 Å². The molecule has 0 radical (unpaired) electrons. The van der Waals surface area contributed by atoms with Crippen LogP contribution in [0, 0.1) is 12.3 Å². The number of nitrogens with one attached hydrogen (secondary N) is 2. The molecular formula is C26H22N6O3. The van der Waals surface area contributed by atoms with E-state index in [-0.39, 0.29) is 17.3 Å². The van der Waals surface area contributed by atoms with E-state index in [4.69, 9.17) is 20.1 Å². The monoisotopic (exact) mass is 466 g/mol. The molecule has 0 amide bonds. The maximum absolute atomic E-state index is 13.8. The van der Waals surface area contributed by atoms with Crippen LogP contribution in [0.2, 0.25) is 0 Å². The maximum Gasteiger partial charge on any atom is 0.201 e. The van der Waals surface area contributed by atoms with E-state index in [0.29, 0.717) is 44.8 Å². The number of nitrogen functional groups attached to an aromatic ring is 1. The smallest absolute Gasteiger partial charge is 0.201 e. The Morgan fingerprint density at radius 3 is 2.69 bits per heavy atom. The van der Waals surface area contributed by atoms with Crippen LogP contribution in [0.15, 0.2) is 81.2 Å². The van der Waals surface area contributed by atoms with Gasteiger partial charge in [0.1, 0.15) is 29.1 Å². The number of benzene rings is 1. The van der Waals surface area contributed by atoms with Crippen molar-refractivity contribution in [3.05, 3.63) is 94.5 Å². The van der Waals surface area contributed by atoms with Crippen molar-refractivity contribution in [1.82, 2.24) is 15.1 Å². The van der Waals surface area contributed by atoms with E-state index in [2.05, 4.69) is 20.4 Å². The summed E-state index contributed by atoms with van der Waals surface area (Å²) in [6.45, 7) is 3.87. The molecule has 0 aliphatic rings. The molecule has 0 saturated carbocycles. The molecule has 0 spiro atoms. The number of rotatable bonds is 6. The molecule has 0 aliphatic carbocycles. The molecule has 9 heteroatoms. The van der Waals surface area contributed by atoms with Crippen LogP contribution in [0.5, 0.6) is 0 Å². The molecule has 5 aromatic rings. The molecule has 5 rings (SSSR count). The van der Waals surface area contributed by atoms with Crippen molar-refractivity contribution >= 4 is 22.5 Å². The highest BCUT2D eigenvalue weighted by molar-refractivity contribution is 5.98. The fraction of sp³-hybridized carbons (Fsp3) is 0.115.